The van der Waals surface area contributed by atoms with Crippen LogP contribution in [0.15, 0.2) is 33.6 Å². The van der Waals surface area contributed by atoms with Crippen LogP contribution >= 0.6 is 15.9 Å². The smallest absolute Gasteiger partial charge is 0.407 e. The van der Waals surface area contributed by atoms with Gasteiger partial charge in [-0.05, 0) is 28.1 Å². The van der Waals surface area contributed by atoms with Crippen LogP contribution in [0.5, 0.6) is 0 Å². The van der Waals surface area contributed by atoms with Gasteiger partial charge in [-0.1, -0.05) is 12.1 Å². The fourth-order valence-electron chi connectivity index (χ4n) is 2.26. The molecule has 1 heterocycles. The number of sulfonamides is 1. The number of rotatable bonds is 3. The van der Waals surface area contributed by atoms with Crippen molar-refractivity contribution in [2.75, 3.05) is 26.2 Å². The Labute approximate surface area is 131 Å². The third-order valence-corrected chi connectivity index (χ3v) is 6.30. The Morgan fingerprint density at radius 2 is 2.00 bits per heavy atom. The summed E-state index contributed by atoms with van der Waals surface area (Å²) in [6.07, 6.45) is -1.12. The molecule has 0 spiro atoms. The van der Waals surface area contributed by atoms with Crippen molar-refractivity contribution in [2.45, 2.75) is 10.9 Å². The summed E-state index contributed by atoms with van der Waals surface area (Å²) in [7, 11) is -3.80. The molecule has 116 valence electrons. The van der Waals surface area contributed by atoms with Gasteiger partial charge in [0.1, 0.15) is 0 Å². The van der Waals surface area contributed by atoms with Crippen molar-refractivity contribution in [3.63, 3.8) is 0 Å². The van der Waals surface area contributed by atoms with Crippen LogP contribution in [0.25, 0.3) is 0 Å². The highest BCUT2D eigenvalue weighted by atomic mass is 79.9. The Kier molecular flexibility index (Phi) is 4.87. The predicted octanol–water partition coefficient (Wildman–Crippen LogP) is 0.794. The van der Waals surface area contributed by atoms with E-state index in [2.05, 4.69) is 15.9 Å². The number of amides is 1. The zero-order valence-corrected chi connectivity index (χ0v) is 13.4. The molecule has 0 unspecified atom stereocenters. The normalized spacial score (nSPS) is 20.5. The molecule has 1 amide bonds. The minimum atomic E-state index is -3.80. The van der Waals surface area contributed by atoms with Crippen molar-refractivity contribution in [1.29, 1.82) is 0 Å². The van der Waals surface area contributed by atoms with Gasteiger partial charge in [-0.15, -0.1) is 0 Å². The van der Waals surface area contributed by atoms with Crippen LogP contribution in [0.1, 0.15) is 0 Å². The number of nitrogens with zero attached hydrogens (tertiary/aromatic N) is 2. The number of piperazine rings is 1. The van der Waals surface area contributed by atoms with E-state index in [0.717, 1.165) is 9.21 Å². The molecular weight excluding hydrogens is 364 g/mol. The maximum atomic E-state index is 12.7. The van der Waals surface area contributed by atoms with Gasteiger partial charge in [0.15, 0.2) is 0 Å². The molecule has 1 atom stereocenters. The van der Waals surface area contributed by atoms with Gasteiger partial charge in [0.05, 0.1) is 17.5 Å². The number of benzene rings is 1. The van der Waals surface area contributed by atoms with E-state index in [0.29, 0.717) is 4.47 Å². The fourth-order valence-corrected chi connectivity index (χ4v) is 4.82. The van der Waals surface area contributed by atoms with Crippen LogP contribution in [0.3, 0.4) is 0 Å². The Bertz CT molecular complexity index is 636. The Hall–Kier alpha value is -1.16. The summed E-state index contributed by atoms with van der Waals surface area (Å²) >= 11 is 3.20. The van der Waals surface area contributed by atoms with Gasteiger partial charge in [-0.2, -0.15) is 4.31 Å². The zero-order chi connectivity index (χ0) is 15.6. The van der Waals surface area contributed by atoms with Gasteiger partial charge in [-0.3, -0.25) is 0 Å². The number of carbonyl (C=O) groups is 1. The molecule has 2 rings (SSSR count). The Morgan fingerprint density at radius 3 is 2.57 bits per heavy atom. The van der Waals surface area contributed by atoms with E-state index < -0.39 is 28.8 Å². The quantitative estimate of drug-likeness (QED) is 0.810. The lowest BCUT2D eigenvalue weighted by atomic mass is 10.2. The average Bonchev–Trinajstić information content (AvgIpc) is 2.46. The summed E-state index contributed by atoms with van der Waals surface area (Å²) in [5.41, 5.74) is 0. The SMILES string of the molecule is O=C(O)N1CCN(S(=O)(=O)c2ccccc2Br)[C@@H](CO)C1. The van der Waals surface area contributed by atoms with E-state index in [1.807, 2.05) is 0 Å². The molecule has 0 aromatic heterocycles. The minimum absolute atomic E-state index is 0.0151. The maximum Gasteiger partial charge on any atom is 0.407 e. The van der Waals surface area contributed by atoms with E-state index in [1.54, 1.807) is 18.2 Å². The lowest BCUT2D eigenvalue weighted by Gasteiger charge is -2.38. The highest BCUT2D eigenvalue weighted by Crippen LogP contribution is 2.27. The van der Waals surface area contributed by atoms with Crippen molar-refractivity contribution in [1.82, 2.24) is 9.21 Å². The molecule has 0 saturated carbocycles. The summed E-state index contributed by atoms with van der Waals surface area (Å²) in [6.45, 7) is -0.389. The third-order valence-electron chi connectivity index (χ3n) is 3.33. The third kappa shape index (κ3) is 3.20. The zero-order valence-electron chi connectivity index (χ0n) is 11.0. The molecule has 1 aliphatic heterocycles. The standard InChI is InChI=1S/C12H15BrN2O5S/c13-10-3-1-2-4-11(10)21(19,20)15-6-5-14(12(17)18)7-9(15)8-16/h1-4,9,16H,5-8H2,(H,17,18)/t9-/m1/s1. The highest BCUT2D eigenvalue weighted by Gasteiger charge is 2.37. The first kappa shape index (κ1) is 16.2. The first-order valence-electron chi connectivity index (χ1n) is 6.23. The van der Waals surface area contributed by atoms with Gasteiger partial charge in [0, 0.05) is 24.1 Å². The second-order valence-electron chi connectivity index (χ2n) is 4.61. The lowest BCUT2D eigenvalue weighted by Crippen LogP contribution is -2.57. The van der Waals surface area contributed by atoms with Gasteiger partial charge in [0.2, 0.25) is 10.0 Å². The number of aliphatic hydroxyl groups excluding tert-OH is 1. The largest absolute Gasteiger partial charge is 0.465 e. The van der Waals surface area contributed by atoms with Crippen LogP contribution in [-0.4, -0.2) is 66.2 Å². The number of hydrogen-bond acceptors (Lipinski definition) is 4. The summed E-state index contributed by atoms with van der Waals surface area (Å²) in [5, 5.41) is 18.4. The molecular formula is C12H15BrN2O5S. The van der Waals surface area contributed by atoms with Crippen LogP contribution in [0.4, 0.5) is 4.79 Å². The fraction of sp³-hybridized carbons (Fsp3) is 0.417. The molecule has 1 saturated heterocycles. The van der Waals surface area contributed by atoms with Crippen molar-refractivity contribution >= 4 is 32.0 Å². The van der Waals surface area contributed by atoms with Crippen molar-refractivity contribution < 1.29 is 23.4 Å². The van der Waals surface area contributed by atoms with Gasteiger partial charge < -0.3 is 15.1 Å². The second-order valence-corrected chi connectivity index (χ2v) is 7.32. The first-order chi connectivity index (χ1) is 9.87. The summed E-state index contributed by atoms with van der Waals surface area (Å²) in [6, 6.07) is 5.62. The molecule has 0 bridgehead atoms. The molecule has 0 aliphatic carbocycles. The van der Waals surface area contributed by atoms with E-state index in [1.165, 1.54) is 6.07 Å². The number of aliphatic hydroxyl groups is 1. The van der Waals surface area contributed by atoms with Crippen LogP contribution in [-0.2, 0) is 10.0 Å². The molecule has 21 heavy (non-hydrogen) atoms. The molecule has 7 nitrogen and oxygen atoms in total. The molecule has 1 aliphatic rings. The molecule has 1 aromatic rings. The average molecular weight is 379 g/mol. The predicted molar refractivity (Wildman–Crippen MR) is 78.5 cm³/mol. The van der Waals surface area contributed by atoms with E-state index in [-0.39, 0.29) is 24.5 Å². The molecule has 2 N–H and O–H groups in total. The minimum Gasteiger partial charge on any atom is -0.465 e. The van der Waals surface area contributed by atoms with E-state index in [9.17, 15) is 18.3 Å². The molecule has 9 heteroatoms. The molecule has 1 fully saturated rings. The van der Waals surface area contributed by atoms with Gasteiger partial charge >= 0.3 is 6.09 Å². The summed E-state index contributed by atoms with van der Waals surface area (Å²) < 4.78 is 26.9. The van der Waals surface area contributed by atoms with Crippen molar-refractivity contribution in [3.8, 4) is 0 Å². The summed E-state index contributed by atoms with van der Waals surface area (Å²) in [5.74, 6) is 0. The Balaban J connectivity index is 2.32. The Morgan fingerprint density at radius 1 is 1.33 bits per heavy atom. The van der Waals surface area contributed by atoms with E-state index >= 15 is 0 Å². The van der Waals surface area contributed by atoms with Crippen LogP contribution in [0.2, 0.25) is 0 Å². The molecule has 1 aromatic carbocycles. The molecule has 0 radical (unpaired) electrons. The lowest BCUT2D eigenvalue weighted by molar-refractivity contribution is 0.0817. The first-order valence-corrected chi connectivity index (χ1v) is 8.46. The topological polar surface area (TPSA) is 98.2 Å². The second kappa shape index (κ2) is 6.30. The van der Waals surface area contributed by atoms with E-state index in [4.69, 9.17) is 5.11 Å². The monoisotopic (exact) mass is 378 g/mol. The number of hydrogen-bond donors (Lipinski definition) is 2. The van der Waals surface area contributed by atoms with Crippen molar-refractivity contribution in [3.05, 3.63) is 28.7 Å². The van der Waals surface area contributed by atoms with Gasteiger partial charge in [-0.25, -0.2) is 13.2 Å². The van der Waals surface area contributed by atoms with Gasteiger partial charge in [0.25, 0.3) is 0 Å². The van der Waals surface area contributed by atoms with Crippen molar-refractivity contribution in [2.24, 2.45) is 0 Å². The number of carboxylic acid groups (broad SMARTS) is 1. The highest BCUT2D eigenvalue weighted by molar-refractivity contribution is 9.10. The summed E-state index contributed by atoms with van der Waals surface area (Å²) in [4.78, 5) is 12.2. The number of halogens is 1. The maximum absolute atomic E-state index is 12.7. The van der Waals surface area contributed by atoms with Crippen LogP contribution < -0.4 is 0 Å². The van der Waals surface area contributed by atoms with Crippen LogP contribution in [0, 0.1) is 0 Å².